The zero-order chi connectivity index (χ0) is 21.6. The second-order valence-electron chi connectivity index (χ2n) is 7.28. The highest BCUT2D eigenvalue weighted by Crippen LogP contribution is 2.35. The van der Waals surface area contributed by atoms with E-state index in [-0.39, 0.29) is 0 Å². The predicted molar refractivity (Wildman–Crippen MR) is 117 cm³/mol. The molecule has 8 nitrogen and oxygen atoms in total. The Kier molecular flexibility index (Phi) is 6.36. The van der Waals surface area contributed by atoms with Crippen LogP contribution in [-0.4, -0.2) is 47.8 Å². The minimum atomic E-state index is 0.521. The molecule has 0 unspecified atom stereocenters. The quantitative estimate of drug-likeness (QED) is 0.653. The molecule has 0 saturated carbocycles. The summed E-state index contributed by atoms with van der Waals surface area (Å²) in [7, 11) is 0. The van der Waals surface area contributed by atoms with Crippen molar-refractivity contribution in [2.45, 2.75) is 13.3 Å². The molecule has 0 atom stereocenters. The number of pyridine rings is 1. The van der Waals surface area contributed by atoms with Crippen LogP contribution >= 0.6 is 0 Å². The minimum absolute atomic E-state index is 0.521. The summed E-state index contributed by atoms with van der Waals surface area (Å²) in [6.45, 7) is 5.36. The summed E-state index contributed by atoms with van der Waals surface area (Å²) < 4.78 is 11.6. The molecule has 1 saturated heterocycles. The molecule has 4 rings (SSSR count). The van der Waals surface area contributed by atoms with Crippen molar-refractivity contribution in [2.24, 2.45) is 5.73 Å². The summed E-state index contributed by atoms with van der Waals surface area (Å²) in [4.78, 5) is 15.6. The average molecular weight is 416 g/mol. The normalized spacial score (nSPS) is 13.6. The van der Waals surface area contributed by atoms with E-state index in [0.717, 1.165) is 42.0 Å². The monoisotopic (exact) mass is 416 g/mol. The van der Waals surface area contributed by atoms with Crippen LogP contribution in [0.4, 0.5) is 5.82 Å². The Bertz CT molecular complexity index is 1090. The SMILES string of the molecule is Cc1cc(-c2ncc(CCN)cn2)c(Oc2ccnc(N3CCOCC3)c2)cc1C#N. The number of rotatable bonds is 6. The Morgan fingerprint density at radius 2 is 1.94 bits per heavy atom. The Labute approximate surface area is 181 Å². The van der Waals surface area contributed by atoms with Crippen molar-refractivity contribution >= 4 is 5.82 Å². The van der Waals surface area contributed by atoms with Gasteiger partial charge in [0.1, 0.15) is 17.3 Å². The molecule has 0 radical (unpaired) electrons. The van der Waals surface area contributed by atoms with Gasteiger partial charge in [0, 0.05) is 37.7 Å². The number of aryl methyl sites for hydroxylation is 1. The van der Waals surface area contributed by atoms with Crippen LogP contribution in [0.2, 0.25) is 0 Å². The first-order valence-corrected chi connectivity index (χ1v) is 10.2. The Balaban J connectivity index is 1.68. The van der Waals surface area contributed by atoms with Crippen molar-refractivity contribution in [3.63, 3.8) is 0 Å². The average Bonchev–Trinajstić information content (AvgIpc) is 2.81. The third kappa shape index (κ3) is 4.79. The van der Waals surface area contributed by atoms with Crippen molar-refractivity contribution in [3.05, 3.63) is 59.5 Å². The first-order chi connectivity index (χ1) is 15.2. The second-order valence-corrected chi connectivity index (χ2v) is 7.28. The third-order valence-electron chi connectivity index (χ3n) is 5.11. The number of anilines is 1. The molecule has 158 valence electrons. The molecular weight excluding hydrogens is 392 g/mol. The van der Waals surface area contributed by atoms with Crippen LogP contribution in [0.25, 0.3) is 11.4 Å². The number of nitrogens with zero attached hydrogens (tertiary/aromatic N) is 5. The van der Waals surface area contributed by atoms with Crippen molar-refractivity contribution < 1.29 is 9.47 Å². The Morgan fingerprint density at radius 3 is 2.65 bits per heavy atom. The van der Waals surface area contributed by atoms with Crippen LogP contribution < -0.4 is 15.4 Å². The smallest absolute Gasteiger partial charge is 0.162 e. The molecule has 31 heavy (non-hydrogen) atoms. The van der Waals surface area contributed by atoms with Crippen LogP contribution in [0.15, 0.2) is 42.9 Å². The Hall–Kier alpha value is -3.54. The third-order valence-corrected chi connectivity index (χ3v) is 5.11. The van der Waals surface area contributed by atoms with Crippen molar-refractivity contribution in [1.82, 2.24) is 15.0 Å². The van der Waals surface area contributed by atoms with Crippen LogP contribution in [0, 0.1) is 18.3 Å². The lowest BCUT2D eigenvalue weighted by Gasteiger charge is -2.27. The number of benzene rings is 1. The first kappa shape index (κ1) is 20.7. The van der Waals surface area contributed by atoms with Crippen LogP contribution in [0.5, 0.6) is 11.5 Å². The summed E-state index contributed by atoms with van der Waals surface area (Å²) in [5.41, 5.74) is 8.69. The van der Waals surface area contributed by atoms with E-state index in [1.54, 1.807) is 30.7 Å². The fraction of sp³-hybridized carbons (Fsp3) is 0.304. The number of nitrogens with two attached hydrogens (primary N) is 1. The van der Waals surface area contributed by atoms with E-state index in [4.69, 9.17) is 15.2 Å². The maximum absolute atomic E-state index is 9.50. The fourth-order valence-electron chi connectivity index (χ4n) is 3.41. The minimum Gasteiger partial charge on any atom is -0.456 e. The van der Waals surface area contributed by atoms with Crippen LogP contribution in [0.1, 0.15) is 16.7 Å². The highest BCUT2D eigenvalue weighted by Gasteiger charge is 2.16. The van der Waals surface area contributed by atoms with Gasteiger partial charge in [-0.05, 0) is 49.2 Å². The molecule has 0 bridgehead atoms. The molecule has 3 heterocycles. The standard InChI is InChI=1S/C23H24N6O2/c1-16-10-20(23-27-14-17(2-4-24)15-28-23)21(11-18(16)13-25)31-19-3-5-26-22(12-19)29-6-8-30-9-7-29/h3,5,10-12,14-15H,2,4,6-9,24H2,1H3. The van der Waals surface area contributed by atoms with Crippen LogP contribution in [-0.2, 0) is 11.2 Å². The molecule has 1 aliphatic rings. The molecule has 2 N–H and O–H groups in total. The Morgan fingerprint density at radius 1 is 1.16 bits per heavy atom. The van der Waals surface area contributed by atoms with Gasteiger partial charge < -0.3 is 20.1 Å². The summed E-state index contributed by atoms with van der Waals surface area (Å²) in [6.07, 6.45) is 5.99. The summed E-state index contributed by atoms with van der Waals surface area (Å²) >= 11 is 0. The number of aromatic nitrogens is 3. The molecule has 2 aromatic heterocycles. The molecule has 1 aliphatic heterocycles. The van der Waals surface area contributed by atoms with Gasteiger partial charge in [0.2, 0.25) is 0 Å². The first-order valence-electron chi connectivity index (χ1n) is 10.2. The summed E-state index contributed by atoms with van der Waals surface area (Å²) in [5.74, 6) is 2.52. The van der Waals surface area contributed by atoms with Gasteiger partial charge in [0.25, 0.3) is 0 Å². The molecule has 0 amide bonds. The van der Waals surface area contributed by atoms with Gasteiger partial charge in [-0.3, -0.25) is 0 Å². The van der Waals surface area contributed by atoms with Crippen LogP contribution in [0.3, 0.4) is 0 Å². The van der Waals surface area contributed by atoms with E-state index < -0.39 is 0 Å². The van der Waals surface area contributed by atoms with E-state index >= 15 is 0 Å². The van der Waals surface area contributed by atoms with E-state index in [1.807, 2.05) is 19.1 Å². The van der Waals surface area contributed by atoms with E-state index in [0.29, 0.717) is 42.6 Å². The zero-order valence-corrected chi connectivity index (χ0v) is 17.4. The number of ether oxygens (including phenoxy) is 2. The number of morpholine rings is 1. The number of hydrogen-bond acceptors (Lipinski definition) is 8. The lowest BCUT2D eigenvalue weighted by Crippen LogP contribution is -2.36. The molecule has 8 heteroatoms. The van der Waals surface area contributed by atoms with Gasteiger partial charge in [-0.2, -0.15) is 5.26 Å². The van der Waals surface area contributed by atoms with Crippen molar-refractivity contribution in [1.29, 1.82) is 5.26 Å². The fourth-order valence-corrected chi connectivity index (χ4v) is 3.41. The van der Waals surface area contributed by atoms with Gasteiger partial charge in [-0.15, -0.1) is 0 Å². The highest BCUT2D eigenvalue weighted by atomic mass is 16.5. The molecule has 0 spiro atoms. The maximum Gasteiger partial charge on any atom is 0.162 e. The molecule has 1 fully saturated rings. The molecular formula is C23H24N6O2. The van der Waals surface area contributed by atoms with Gasteiger partial charge in [-0.1, -0.05) is 0 Å². The number of nitriles is 1. The topological polar surface area (TPSA) is 110 Å². The van der Waals surface area contributed by atoms with Gasteiger partial charge in [-0.25, -0.2) is 15.0 Å². The van der Waals surface area contributed by atoms with E-state index in [1.165, 1.54) is 0 Å². The highest BCUT2D eigenvalue weighted by molar-refractivity contribution is 5.68. The predicted octanol–water partition coefficient (Wildman–Crippen LogP) is 2.85. The molecule has 0 aliphatic carbocycles. The summed E-state index contributed by atoms with van der Waals surface area (Å²) in [5, 5.41) is 9.50. The van der Waals surface area contributed by atoms with Crippen molar-refractivity contribution in [2.75, 3.05) is 37.7 Å². The molecule has 3 aromatic rings. The maximum atomic E-state index is 9.50. The number of hydrogen-bond donors (Lipinski definition) is 1. The largest absolute Gasteiger partial charge is 0.456 e. The van der Waals surface area contributed by atoms with E-state index in [9.17, 15) is 5.26 Å². The molecule has 1 aromatic carbocycles. The van der Waals surface area contributed by atoms with E-state index in [2.05, 4.69) is 25.9 Å². The van der Waals surface area contributed by atoms with Gasteiger partial charge >= 0.3 is 0 Å². The zero-order valence-electron chi connectivity index (χ0n) is 17.4. The lowest BCUT2D eigenvalue weighted by atomic mass is 10.0. The van der Waals surface area contributed by atoms with Gasteiger partial charge in [0.05, 0.1) is 30.4 Å². The second kappa shape index (κ2) is 9.51. The lowest BCUT2D eigenvalue weighted by molar-refractivity contribution is 0.122. The van der Waals surface area contributed by atoms with Gasteiger partial charge in [0.15, 0.2) is 5.82 Å². The van der Waals surface area contributed by atoms with Crippen molar-refractivity contribution in [3.8, 4) is 29.0 Å². The summed E-state index contributed by atoms with van der Waals surface area (Å²) in [6, 6.07) is 9.53.